The van der Waals surface area contributed by atoms with Crippen LogP contribution in [0.3, 0.4) is 0 Å². The van der Waals surface area contributed by atoms with Crippen LogP contribution in [-0.2, 0) is 0 Å². The number of aliphatic imine (C=N–C) groups is 1. The molecule has 5 heteroatoms. The highest BCUT2D eigenvalue weighted by molar-refractivity contribution is 9.10. The summed E-state index contributed by atoms with van der Waals surface area (Å²) in [5.74, 6) is 0.673. The van der Waals surface area contributed by atoms with Gasteiger partial charge in [0.05, 0.1) is 22.2 Å². The van der Waals surface area contributed by atoms with E-state index in [2.05, 4.69) is 46.7 Å². The summed E-state index contributed by atoms with van der Waals surface area (Å²) in [4.78, 5) is 11.1. The number of rotatable bonds is 9. The lowest BCUT2D eigenvalue weighted by Gasteiger charge is -2.18. The fourth-order valence-corrected chi connectivity index (χ4v) is 2.47. The number of halogens is 1. The molecule has 0 aliphatic heterocycles. The summed E-state index contributed by atoms with van der Waals surface area (Å²) in [6.07, 6.45) is 6.41. The van der Waals surface area contributed by atoms with E-state index in [1.807, 2.05) is 31.3 Å². The number of ether oxygens (including phenoxy) is 1. The molecular weight excluding hydrogens is 342 g/mol. The third-order valence-electron chi connectivity index (χ3n) is 3.50. The van der Waals surface area contributed by atoms with Gasteiger partial charge in [-0.3, -0.25) is 0 Å². The number of aromatic nitrogens is 1. The molecule has 1 heterocycles. The molecule has 0 aliphatic rings. The van der Waals surface area contributed by atoms with Crippen molar-refractivity contribution in [2.75, 3.05) is 13.6 Å². The van der Waals surface area contributed by atoms with Crippen molar-refractivity contribution in [3.63, 3.8) is 0 Å². The zero-order valence-electron chi connectivity index (χ0n) is 14.4. The average Bonchev–Trinajstić information content (AvgIpc) is 2.49. The third-order valence-corrected chi connectivity index (χ3v) is 4.07. The Bertz CT molecular complexity index is 485. The molecule has 22 heavy (non-hydrogen) atoms. The predicted molar refractivity (Wildman–Crippen MR) is 97.4 cm³/mol. The lowest BCUT2D eigenvalue weighted by molar-refractivity contribution is 0.170. The van der Waals surface area contributed by atoms with Crippen LogP contribution in [0.1, 0.15) is 52.1 Å². The monoisotopic (exact) mass is 369 g/mol. The van der Waals surface area contributed by atoms with Crippen LogP contribution >= 0.6 is 15.9 Å². The highest BCUT2D eigenvalue weighted by Gasteiger charge is 2.14. The normalized spacial score (nSPS) is 11.4. The summed E-state index contributed by atoms with van der Waals surface area (Å²) in [7, 11) is 2.00. The van der Waals surface area contributed by atoms with Gasteiger partial charge >= 0.3 is 0 Å². The second-order valence-corrected chi connectivity index (χ2v) is 6.37. The number of aryl methyl sites for hydroxylation is 1. The molecule has 1 rings (SSSR count). The maximum atomic E-state index is 6.09. The Morgan fingerprint density at radius 1 is 1.32 bits per heavy atom. The Morgan fingerprint density at radius 2 is 1.95 bits per heavy atom. The Labute approximate surface area is 143 Å². The van der Waals surface area contributed by atoms with Crippen LogP contribution in [0, 0.1) is 6.92 Å². The first-order valence-electron chi connectivity index (χ1n) is 8.09. The molecule has 0 spiro atoms. The predicted octanol–water partition coefficient (Wildman–Crippen LogP) is 5.11. The van der Waals surface area contributed by atoms with Gasteiger partial charge in [0, 0.05) is 13.6 Å². The van der Waals surface area contributed by atoms with E-state index in [9.17, 15) is 0 Å². The SMILES string of the molecule is CCCC(CCC)Oc1nc(C)c(N=CN(C)CC)cc1Br. The molecule has 0 unspecified atom stereocenters. The number of nitrogens with zero attached hydrogens (tertiary/aromatic N) is 3. The zero-order valence-corrected chi connectivity index (χ0v) is 16.0. The van der Waals surface area contributed by atoms with E-state index in [1.54, 1.807) is 0 Å². The summed E-state index contributed by atoms with van der Waals surface area (Å²) in [6, 6.07) is 1.98. The average molecular weight is 370 g/mol. The van der Waals surface area contributed by atoms with Crippen LogP contribution in [0.2, 0.25) is 0 Å². The van der Waals surface area contributed by atoms with Crippen molar-refractivity contribution < 1.29 is 4.74 Å². The molecule has 124 valence electrons. The van der Waals surface area contributed by atoms with Crippen molar-refractivity contribution in [3.8, 4) is 5.88 Å². The maximum Gasteiger partial charge on any atom is 0.228 e. The third kappa shape index (κ3) is 5.95. The number of hydrogen-bond donors (Lipinski definition) is 0. The molecular formula is C17H28BrN3O. The zero-order chi connectivity index (χ0) is 16.5. The first kappa shape index (κ1) is 18.9. The van der Waals surface area contributed by atoms with E-state index in [1.165, 1.54) is 0 Å². The minimum atomic E-state index is 0.235. The number of hydrogen-bond acceptors (Lipinski definition) is 3. The fraction of sp³-hybridized carbons (Fsp3) is 0.647. The van der Waals surface area contributed by atoms with Crippen LogP contribution in [0.5, 0.6) is 5.88 Å². The minimum absolute atomic E-state index is 0.235. The van der Waals surface area contributed by atoms with Crippen molar-refractivity contribution in [3.05, 3.63) is 16.2 Å². The summed E-state index contributed by atoms with van der Waals surface area (Å²) in [5, 5.41) is 0. The van der Waals surface area contributed by atoms with Crippen LogP contribution in [0.15, 0.2) is 15.5 Å². The lowest BCUT2D eigenvalue weighted by Crippen LogP contribution is -2.17. The van der Waals surface area contributed by atoms with Gasteiger partial charge in [-0.05, 0) is 48.7 Å². The van der Waals surface area contributed by atoms with Gasteiger partial charge in [0.15, 0.2) is 0 Å². The second kappa shape index (κ2) is 9.82. The van der Waals surface area contributed by atoms with E-state index in [4.69, 9.17) is 4.74 Å². The second-order valence-electron chi connectivity index (χ2n) is 5.51. The van der Waals surface area contributed by atoms with Crippen molar-refractivity contribution in [1.82, 2.24) is 9.88 Å². The molecule has 1 aromatic rings. The fourth-order valence-electron chi connectivity index (χ4n) is 2.07. The molecule has 0 fully saturated rings. The standard InChI is InChI=1S/C17H28BrN3O/c1-6-9-14(10-7-2)22-17-15(18)11-16(13(4)20-17)19-12-21(5)8-3/h11-12,14H,6-10H2,1-5H3. The summed E-state index contributed by atoms with van der Waals surface area (Å²) in [5.41, 5.74) is 1.74. The van der Waals surface area contributed by atoms with Crippen molar-refractivity contribution in [2.24, 2.45) is 4.99 Å². The summed E-state index contributed by atoms with van der Waals surface area (Å²) < 4.78 is 6.95. The highest BCUT2D eigenvalue weighted by atomic mass is 79.9. The van der Waals surface area contributed by atoms with Gasteiger partial charge in [0.1, 0.15) is 6.10 Å². The minimum Gasteiger partial charge on any atom is -0.474 e. The van der Waals surface area contributed by atoms with Gasteiger partial charge in [0.2, 0.25) is 5.88 Å². The van der Waals surface area contributed by atoms with Crippen molar-refractivity contribution >= 4 is 28.0 Å². The first-order chi connectivity index (χ1) is 10.5. The Hall–Kier alpha value is -1.10. The van der Waals surface area contributed by atoms with E-state index >= 15 is 0 Å². The largest absolute Gasteiger partial charge is 0.474 e. The van der Waals surface area contributed by atoms with Gasteiger partial charge in [-0.15, -0.1) is 0 Å². The molecule has 0 saturated heterocycles. The topological polar surface area (TPSA) is 37.7 Å². The molecule has 1 aromatic heterocycles. The molecule has 4 nitrogen and oxygen atoms in total. The molecule has 0 N–H and O–H groups in total. The molecule has 0 radical (unpaired) electrons. The van der Waals surface area contributed by atoms with E-state index in [0.717, 1.165) is 48.1 Å². The Kier molecular flexibility index (Phi) is 8.46. The van der Waals surface area contributed by atoms with Crippen molar-refractivity contribution in [1.29, 1.82) is 0 Å². The van der Waals surface area contributed by atoms with Crippen molar-refractivity contribution in [2.45, 2.75) is 59.5 Å². The summed E-state index contributed by atoms with van der Waals surface area (Å²) >= 11 is 3.56. The maximum absolute atomic E-state index is 6.09. The van der Waals surface area contributed by atoms with Gasteiger partial charge in [-0.2, -0.15) is 0 Å². The molecule has 0 amide bonds. The lowest BCUT2D eigenvalue weighted by atomic mass is 10.1. The molecule has 0 saturated carbocycles. The van der Waals surface area contributed by atoms with Gasteiger partial charge < -0.3 is 9.64 Å². The molecule has 0 aromatic carbocycles. The Balaban J connectivity index is 2.90. The van der Waals surface area contributed by atoms with Gasteiger partial charge in [0.25, 0.3) is 0 Å². The molecule has 0 atom stereocenters. The summed E-state index contributed by atoms with van der Waals surface area (Å²) in [6.45, 7) is 9.34. The van der Waals surface area contributed by atoms with Gasteiger partial charge in [-0.1, -0.05) is 26.7 Å². The molecule has 0 bridgehead atoms. The first-order valence-corrected chi connectivity index (χ1v) is 8.89. The van der Waals surface area contributed by atoms with E-state index in [-0.39, 0.29) is 6.10 Å². The van der Waals surface area contributed by atoms with Crippen LogP contribution in [-0.4, -0.2) is 35.9 Å². The number of pyridine rings is 1. The van der Waals surface area contributed by atoms with Crippen LogP contribution < -0.4 is 4.74 Å². The van der Waals surface area contributed by atoms with Crippen LogP contribution in [0.4, 0.5) is 5.69 Å². The molecule has 0 aliphatic carbocycles. The van der Waals surface area contributed by atoms with E-state index < -0.39 is 0 Å². The smallest absolute Gasteiger partial charge is 0.228 e. The van der Waals surface area contributed by atoms with Crippen LogP contribution in [0.25, 0.3) is 0 Å². The Morgan fingerprint density at radius 3 is 2.50 bits per heavy atom. The van der Waals surface area contributed by atoms with Gasteiger partial charge in [-0.25, -0.2) is 9.98 Å². The highest BCUT2D eigenvalue weighted by Crippen LogP contribution is 2.31. The van der Waals surface area contributed by atoms with E-state index in [0.29, 0.717) is 5.88 Å². The quantitative estimate of drug-likeness (QED) is 0.448.